The van der Waals surface area contributed by atoms with Crippen LogP contribution < -0.4 is 5.32 Å². The number of amides is 1. The molecule has 0 spiro atoms. The lowest BCUT2D eigenvalue weighted by Crippen LogP contribution is -2.27. The average Bonchev–Trinajstić information content (AvgIpc) is 3.38. The van der Waals surface area contributed by atoms with Gasteiger partial charge in [0, 0.05) is 12.7 Å². The highest BCUT2D eigenvalue weighted by Gasteiger charge is 2.15. The van der Waals surface area contributed by atoms with Gasteiger partial charge in [-0.05, 0) is 24.3 Å². The molecule has 0 fully saturated rings. The molecule has 140 valence electrons. The monoisotopic (exact) mass is 395 g/mol. The second kappa shape index (κ2) is 7.97. The van der Waals surface area contributed by atoms with Gasteiger partial charge in [0.05, 0.1) is 23.3 Å². The third-order valence-corrected chi connectivity index (χ3v) is 4.15. The summed E-state index contributed by atoms with van der Waals surface area (Å²) in [4.78, 5) is 20.6. The van der Waals surface area contributed by atoms with Gasteiger partial charge in [-0.15, -0.1) is 5.10 Å². The minimum absolute atomic E-state index is 0.243. The molecule has 0 aliphatic heterocycles. The predicted octanol–water partition coefficient (Wildman–Crippen LogP) is 2.47. The highest BCUT2D eigenvalue weighted by atomic mass is 35.5. The van der Waals surface area contributed by atoms with E-state index >= 15 is 0 Å². The standard InChI is InChI=1S/C18H14ClN7O2/c19-13-6-2-1-5-12(13)17(27)21-9-10-26-11-15(23-25-26)18-22-16(24-28-18)14-7-3-4-8-20-14/h1-8,11H,9-10H2,(H,21,27). The van der Waals surface area contributed by atoms with Crippen molar-refractivity contribution in [1.82, 2.24) is 35.4 Å². The van der Waals surface area contributed by atoms with Gasteiger partial charge in [0.15, 0.2) is 5.69 Å². The molecule has 4 rings (SSSR count). The normalized spacial score (nSPS) is 10.8. The average molecular weight is 396 g/mol. The van der Waals surface area contributed by atoms with Gasteiger partial charge >= 0.3 is 0 Å². The van der Waals surface area contributed by atoms with E-state index in [4.69, 9.17) is 16.1 Å². The summed E-state index contributed by atoms with van der Waals surface area (Å²) in [5, 5.41) is 15.1. The fourth-order valence-electron chi connectivity index (χ4n) is 2.46. The third kappa shape index (κ3) is 3.89. The van der Waals surface area contributed by atoms with Crippen molar-refractivity contribution in [3.8, 4) is 23.1 Å². The molecule has 28 heavy (non-hydrogen) atoms. The van der Waals surface area contributed by atoms with Crippen LogP contribution in [0.15, 0.2) is 59.4 Å². The Hall–Kier alpha value is -3.59. The van der Waals surface area contributed by atoms with Crippen molar-refractivity contribution in [2.45, 2.75) is 6.54 Å². The van der Waals surface area contributed by atoms with Gasteiger partial charge in [-0.1, -0.05) is 40.2 Å². The SMILES string of the molecule is O=C(NCCn1cc(-c2nc(-c3ccccn3)no2)nn1)c1ccccc1Cl. The van der Waals surface area contributed by atoms with Crippen LogP contribution in [0, 0.1) is 0 Å². The maximum atomic E-state index is 12.1. The molecule has 3 heterocycles. The van der Waals surface area contributed by atoms with Crippen molar-refractivity contribution in [2.24, 2.45) is 0 Å². The Labute approximate surface area is 164 Å². The second-order valence-corrected chi connectivity index (χ2v) is 6.15. The molecule has 0 saturated heterocycles. The second-order valence-electron chi connectivity index (χ2n) is 5.74. The van der Waals surface area contributed by atoms with E-state index in [1.807, 2.05) is 6.07 Å². The van der Waals surface area contributed by atoms with Crippen molar-refractivity contribution in [2.75, 3.05) is 6.54 Å². The van der Waals surface area contributed by atoms with E-state index in [9.17, 15) is 4.79 Å². The van der Waals surface area contributed by atoms with Crippen molar-refractivity contribution >= 4 is 17.5 Å². The van der Waals surface area contributed by atoms with Gasteiger partial charge in [-0.2, -0.15) is 4.98 Å². The summed E-state index contributed by atoms with van der Waals surface area (Å²) < 4.78 is 6.81. The maximum Gasteiger partial charge on any atom is 0.280 e. The fourth-order valence-corrected chi connectivity index (χ4v) is 2.68. The minimum Gasteiger partial charge on any atom is -0.350 e. The summed E-state index contributed by atoms with van der Waals surface area (Å²) in [6, 6.07) is 12.3. The molecule has 0 bridgehead atoms. The number of carbonyl (C=O) groups is 1. The van der Waals surface area contributed by atoms with E-state index in [0.717, 1.165) is 0 Å². The molecule has 3 aromatic heterocycles. The lowest BCUT2D eigenvalue weighted by Gasteiger charge is -2.06. The molecule has 10 heteroatoms. The largest absolute Gasteiger partial charge is 0.350 e. The molecule has 0 aliphatic rings. The highest BCUT2D eigenvalue weighted by Crippen LogP contribution is 2.18. The first kappa shape index (κ1) is 17.8. The van der Waals surface area contributed by atoms with E-state index in [0.29, 0.717) is 40.9 Å². The number of hydrogen-bond donors (Lipinski definition) is 1. The molecule has 0 saturated carbocycles. The van der Waals surface area contributed by atoms with Crippen molar-refractivity contribution in [3.05, 3.63) is 65.4 Å². The molecule has 4 aromatic rings. The lowest BCUT2D eigenvalue weighted by atomic mass is 10.2. The number of pyridine rings is 1. The van der Waals surface area contributed by atoms with E-state index in [1.54, 1.807) is 53.5 Å². The molecule has 1 N–H and O–H groups in total. The number of benzene rings is 1. The van der Waals surface area contributed by atoms with Crippen LogP contribution in [-0.2, 0) is 6.54 Å². The molecule has 1 amide bonds. The Morgan fingerprint density at radius 2 is 2.00 bits per heavy atom. The van der Waals surface area contributed by atoms with Gasteiger partial charge in [-0.3, -0.25) is 9.78 Å². The summed E-state index contributed by atoms with van der Waals surface area (Å²) in [7, 11) is 0. The quantitative estimate of drug-likeness (QED) is 0.533. The van der Waals surface area contributed by atoms with Gasteiger partial charge in [-0.25, -0.2) is 4.68 Å². The van der Waals surface area contributed by atoms with Crippen LogP contribution in [0.1, 0.15) is 10.4 Å². The van der Waals surface area contributed by atoms with E-state index in [2.05, 4.69) is 30.8 Å². The smallest absolute Gasteiger partial charge is 0.280 e. The van der Waals surface area contributed by atoms with Crippen molar-refractivity contribution < 1.29 is 9.32 Å². The molecule has 0 unspecified atom stereocenters. The number of nitrogens with one attached hydrogen (secondary N) is 1. The zero-order chi connectivity index (χ0) is 19.3. The summed E-state index contributed by atoms with van der Waals surface area (Å²) in [5.41, 5.74) is 1.47. The minimum atomic E-state index is -0.247. The zero-order valence-corrected chi connectivity index (χ0v) is 15.2. The summed E-state index contributed by atoms with van der Waals surface area (Å²) in [5.74, 6) is 0.368. The first-order valence-corrected chi connectivity index (χ1v) is 8.77. The van der Waals surface area contributed by atoms with Gasteiger partial charge in [0.1, 0.15) is 5.69 Å². The molecule has 1 aromatic carbocycles. The van der Waals surface area contributed by atoms with Gasteiger partial charge < -0.3 is 9.84 Å². The number of carbonyl (C=O) groups excluding carboxylic acids is 1. The van der Waals surface area contributed by atoms with E-state index < -0.39 is 0 Å². The van der Waals surface area contributed by atoms with Crippen LogP contribution in [0.25, 0.3) is 23.1 Å². The van der Waals surface area contributed by atoms with Crippen LogP contribution >= 0.6 is 11.6 Å². The molecule has 0 radical (unpaired) electrons. The van der Waals surface area contributed by atoms with Crippen LogP contribution in [0.5, 0.6) is 0 Å². The number of halogens is 1. The molecule has 0 aliphatic carbocycles. The summed E-state index contributed by atoms with van der Waals surface area (Å²) in [6.07, 6.45) is 3.32. The topological polar surface area (TPSA) is 112 Å². The Kier molecular flexibility index (Phi) is 5.07. The molecular formula is C18H14ClN7O2. The van der Waals surface area contributed by atoms with E-state index in [-0.39, 0.29) is 11.8 Å². The molecule has 9 nitrogen and oxygen atoms in total. The van der Waals surface area contributed by atoms with Crippen molar-refractivity contribution in [3.63, 3.8) is 0 Å². The fraction of sp³-hybridized carbons (Fsp3) is 0.111. The number of rotatable bonds is 6. The van der Waals surface area contributed by atoms with Crippen LogP contribution in [0.2, 0.25) is 5.02 Å². The highest BCUT2D eigenvalue weighted by molar-refractivity contribution is 6.33. The Bertz CT molecular complexity index is 1090. The van der Waals surface area contributed by atoms with E-state index in [1.165, 1.54) is 0 Å². The number of hydrogen-bond acceptors (Lipinski definition) is 7. The first-order chi connectivity index (χ1) is 13.7. The Morgan fingerprint density at radius 3 is 2.82 bits per heavy atom. The molecule has 0 atom stereocenters. The molecular weight excluding hydrogens is 382 g/mol. The number of aromatic nitrogens is 6. The lowest BCUT2D eigenvalue weighted by molar-refractivity contribution is 0.0952. The van der Waals surface area contributed by atoms with Gasteiger partial charge in [0.2, 0.25) is 5.82 Å². The number of nitrogens with zero attached hydrogens (tertiary/aromatic N) is 6. The first-order valence-electron chi connectivity index (χ1n) is 8.39. The summed E-state index contributed by atoms with van der Waals surface area (Å²) in [6.45, 7) is 0.778. The predicted molar refractivity (Wildman–Crippen MR) is 100 cm³/mol. The Balaban J connectivity index is 1.37. The third-order valence-electron chi connectivity index (χ3n) is 3.82. The van der Waals surface area contributed by atoms with Crippen molar-refractivity contribution in [1.29, 1.82) is 0 Å². The van der Waals surface area contributed by atoms with Crippen LogP contribution in [0.4, 0.5) is 0 Å². The van der Waals surface area contributed by atoms with Crippen LogP contribution in [-0.4, -0.2) is 42.6 Å². The Morgan fingerprint density at radius 1 is 1.14 bits per heavy atom. The van der Waals surface area contributed by atoms with Gasteiger partial charge in [0.25, 0.3) is 11.8 Å². The zero-order valence-electron chi connectivity index (χ0n) is 14.5. The maximum absolute atomic E-state index is 12.1. The van der Waals surface area contributed by atoms with Crippen LogP contribution in [0.3, 0.4) is 0 Å². The summed E-state index contributed by atoms with van der Waals surface area (Å²) >= 11 is 6.02.